The third-order valence-electron chi connectivity index (χ3n) is 3.03. The van der Waals surface area contributed by atoms with Gasteiger partial charge < -0.3 is 10.0 Å². The van der Waals surface area contributed by atoms with Crippen LogP contribution in [0.15, 0.2) is 5.51 Å². The molecule has 0 atom stereocenters. The topological polar surface area (TPSA) is 53.4 Å². The van der Waals surface area contributed by atoms with Crippen molar-refractivity contribution in [1.82, 2.24) is 9.88 Å². The first-order chi connectivity index (χ1) is 7.58. The Morgan fingerprint density at radius 3 is 2.88 bits per heavy atom. The Bertz CT molecular complexity index is 385. The van der Waals surface area contributed by atoms with Crippen LogP contribution in [0, 0.1) is 12.8 Å². The van der Waals surface area contributed by atoms with Crippen LogP contribution in [0.2, 0.25) is 0 Å². The second-order valence-corrected chi connectivity index (χ2v) is 5.30. The van der Waals surface area contributed by atoms with Gasteiger partial charge in [-0.2, -0.15) is 0 Å². The SMILES string of the molecule is Cc1ncsc1C(=O)N(C)CC1CC(O)C1. The third-order valence-corrected chi connectivity index (χ3v) is 3.95. The van der Waals surface area contributed by atoms with Crippen LogP contribution in [-0.2, 0) is 0 Å². The molecule has 1 saturated carbocycles. The van der Waals surface area contributed by atoms with Crippen molar-refractivity contribution in [2.75, 3.05) is 13.6 Å². The molecule has 0 saturated heterocycles. The number of aliphatic hydroxyl groups is 1. The van der Waals surface area contributed by atoms with E-state index in [1.807, 2.05) is 14.0 Å². The van der Waals surface area contributed by atoms with E-state index in [2.05, 4.69) is 4.98 Å². The Labute approximate surface area is 98.9 Å². The molecule has 1 heterocycles. The van der Waals surface area contributed by atoms with Gasteiger partial charge >= 0.3 is 0 Å². The molecule has 0 bridgehead atoms. The standard InChI is InChI=1S/C11H16N2O2S/c1-7-10(16-6-12-7)11(15)13(2)5-8-3-9(14)4-8/h6,8-9,14H,3-5H2,1-2H3. The molecule has 1 amide bonds. The highest BCUT2D eigenvalue weighted by Gasteiger charge is 2.29. The van der Waals surface area contributed by atoms with Crippen molar-refractivity contribution in [3.8, 4) is 0 Å². The molecule has 88 valence electrons. The number of carbonyl (C=O) groups excluding carboxylic acids is 1. The van der Waals surface area contributed by atoms with Gasteiger partial charge in [0.25, 0.3) is 5.91 Å². The maximum absolute atomic E-state index is 12.0. The lowest BCUT2D eigenvalue weighted by Crippen LogP contribution is -2.39. The van der Waals surface area contributed by atoms with Crippen LogP contribution in [0.1, 0.15) is 28.2 Å². The molecule has 1 N–H and O–H groups in total. The zero-order valence-corrected chi connectivity index (χ0v) is 10.3. The first-order valence-electron chi connectivity index (χ1n) is 5.41. The fourth-order valence-electron chi connectivity index (χ4n) is 2.00. The van der Waals surface area contributed by atoms with E-state index in [0.717, 1.165) is 30.0 Å². The molecule has 0 aliphatic heterocycles. The quantitative estimate of drug-likeness (QED) is 0.866. The van der Waals surface area contributed by atoms with E-state index >= 15 is 0 Å². The molecule has 4 nitrogen and oxygen atoms in total. The minimum atomic E-state index is -0.154. The summed E-state index contributed by atoms with van der Waals surface area (Å²) in [6.07, 6.45) is 1.48. The molecule has 1 aliphatic rings. The van der Waals surface area contributed by atoms with Crippen LogP contribution in [0.5, 0.6) is 0 Å². The molecule has 1 fully saturated rings. The molecule has 0 unspecified atom stereocenters. The number of aliphatic hydroxyl groups excluding tert-OH is 1. The zero-order chi connectivity index (χ0) is 11.7. The predicted molar refractivity (Wildman–Crippen MR) is 62.5 cm³/mol. The molecule has 1 aromatic rings. The van der Waals surface area contributed by atoms with E-state index in [9.17, 15) is 9.90 Å². The average Bonchev–Trinajstić information content (AvgIpc) is 2.61. The molecule has 0 aromatic carbocycles. The number of rotatable bonds is 3. The van der Waals surface area contributed by atoms with Crippen LogP contribution in [-0.4, -0.2) is 40.6 Å². The zero-order valence-electron chi connectivity index (χ0n) is 9.51. The van der Waals surface area contributed by atoms with Gasteiger partial charge in [0.2, 0.25) is 0 Å². The minimum absolute atomic E-state index is 0.0430. The van der Waals surface area contributed by atoms with Gasteiger partial charge in [-0.3, -0.25) is 4.79 Å². The summed E-state index contributed by atoms with van der Waals surface area (Å²) < 4.78 is 0. The van der Waals surface area contributed by atoms with E-state index in [4.69, 9.17) is 0 Å². The molecule has 0 spiro atoms. The van der Waals surface area contributed by atoms with Crippen molar-refractivity contribution >= 4 is 17.2 Å². The maximum atomic E-state index is 12.0. The number of carbonyl (C=O) groups is 1. The molecular formula is C11H16N2O2S. The van der Waals surface area contributed by atoms with E-state index in [1.54, 1.807) is 10.4 Å². The van der Waals surface area contributed by atoms with Gasteiger partial charge in [0.05, 0.1) is 17.3 Å². The molecular weight excluding hydrogens is 224 g/mol. The van der Waals surface area contributed by atoms with Crippen molar-refractivity contribution in [2.24, 2.45) is 5.92 Å². The van der Waals surface area contributed by atoms with Crippen molar-refractivity contribution in [3.05, 3.63) is 16.1 Å². The largest absolute Gasteiger partial charge is 0.393 e. The molecule has 2 rings (SSSR count). The lowest BCUT2D eigenvalue weighted by atomic mass is 9.82. The summed E-state index contributed by atoms with van der Waals surface area (Å²) in [5, 5.41) is 9.19. The van der Waals surface area contributed by atoms with Crippen LogP contribution in [0.4, 0.5) is 0 Å². The predicted octanol–water partition coefficient (Wildman–Crippen LogP) is 1.29. The van der Waals surface area contributed by atoms with Gasteiger partial charge in [0.15, 0.2) is 0 Å². The lowest BCUT2D eigenvalue weighted by molar-refractivity contribution is 0.0266. The molecule has 1 aliphatic carbocycles. The lowest BCUT2D eigenvalue weighted by Gasteiger charge is -2.34. The molecule has 5 heteroatoms. The third kappa shape index (κ3) is 2.25. The molecule has 0 radical (unpaired) electrons. The smallest absolute Gasteiger partial charge is 0.265 e. The van der Waals surface area contributed by atoms with Gasteiger partial charge in [-0.15, -0.1) is 11.3 Å². The highest BCUT2D eigenvalue weighted by molar-refractivity contribution is 7.11. The van der Waals surface area contributed by atoms with E-state index in [0.29, 0.717) is 5.92 Å². The number of hydrogen-bond acceptors (Lipinski definition) is 4. The molecule has 1 aromatic heterocycles. The Kier molecular flexibility index (Phi) is 3.25. The Morgan fingerprint density at radius 1 is 1.69 bits per heavy atom. The van der Waals surface area contributed by atoms with Crippen molar-refractivity contribution in [3.63, 3.8) is 0 Å². The van der Waals surface area contributed by atoms with Crippen LogP contribution in [0.25, 0.3) is 0 Å². The summed E-state index contributed by atoms with van der Waals surface area (Å²) >= 11 is 1.39. The first kappa shape index (κ1) is 11.5. The number of aryl methyl sites for hydroxylation is 1. The monoisotopic (exact) mass is 240 g/mol. The van der Waals surface area contributed by atoms with Crippen LogP contribution < -0.4 is 0 Å². The summed E-state index contributed by atoms with van der Waals surface area (Å²) in [4.78, 5) is 18.6. The van der Waals surface area contributed by atoms with Gasteiger partial charge in [-0.1, -0.05) is 0 Å². The summed E-state index contributed by atoms with van der Waals surface area (Å²) in [5.41, 5.74) is 2.50. The van der Waals surface area contributed by atoms with E-state index < -0.39 is 0 Å². The van der Waals surface area contributed by atoms with E-state index in [1.165, 1.54) is 11.3 Å². The van der Waals surface area contributed by atoms with Crippen LogP contribution >= 0.6 is 11.3 Å². The summed E-state index contributed by atoms with van der Waals surface area (Å²) in [6.45, 7) is 2.58. The van der Waals surface area contributed by atoms with Crippen molar-refractivity contribution < 1.29 is 9.90 Å². The second-order valence-electron chi connectivity index (χ2n) is 4.44. The Balaban J connectivity index is 1.92. The first-order valence-corrected chi connectivity index (χ1v) is 6.29. The van der Waals surface area contributed by atoms with Crippen LogP contribution in [0.3, 0.4) is 0 Å². The number of nitrogens with zero attached hydrogens (tertiary/aromatic N) is 2. The fourth-order valence-corrected chi connectivity index (χ4v) is 2.80. The fraction of sp³-hybridized carbons (Fsp3) is 0.636. The molecule has 16 heavy (non-hydrogen) atoms. The van der Waals surface area contributed by atoms with Gasteiger partial charge in [-0.25, -0.2) is 4.98 Å². The Hall–Kier alpha value is -0.940. The number of hydrogen-bond donors (Lipinski definition) is 1. The average molecular weight is 240 g/mol. The Morgan fingerprint density at radius 2 is 2.38 bits per heavy atom. The summed E-state index contributed by atoms with van der Waals surface area (Å²) in [7, 11) is 1.81. The van der Waals surface area contributed by atoms with Crippen molar-refractivity contribution in [1.29, 1.82) is 0 Å². The van der Waals surface area contributed by atoms with Gasteiger partial charge in [0.1, 0.15) is 4.88 Å². The minimum Gasteiger partial charge on any atom is -0.393 e. The number of aromatic nitrogens is 1. The highest BCUT2D eigenvalue weighted by atomic mass is 32.1. The maximum Gasteiger partial charge on any atom is 0.265 e. The number of amides is 1. The van der Waals surface area contributed by atoms with Gasteiger partial charge in [0, 0.05) is 13.6 Å². The summed E-state index contributed by atoms with van der Waals surface area (Å²) in [6, 6.07) is 0. The highest BCUT2D eigenvalue weighted by Crippen LogP contribution is 2.28. The summed E-state index contributed by atoms with van der Waals surface area (Å²) in [5.74, 6) is 0.499. The van der Waals surface area contributed by atoms with E-state index in [-0.39, 0.29) is 12.0 Å². The second kappa shape index (κ2) is 4.51. The number of thiazole rings is 1. The normalized spacial score (nSPS) is 23.9. The van der Waals surface area contributed by atoms with Crippen molar-refractivity contribution in [2.45, 2.75) is 25.9 Å². The van der Waals surface area contributed by atoms with Gasteiger partial charge in [-0.05, 0) is 25.7 Å².